The van der Waals surface area contributed by atoms with Crippen LogP contribution in [0, 0.1) is 0 Å². The zero-order valence-corrected chi connectivity index (χ0v) is 13.0. The normalized spacial score (nSPS) is 10.3. The summed E-state index contributed by atoms with van der Waals surface area (Å²) in [6.07, 6.45) is 0. The van der Waals surface area contributed by atoms with Gasteiger partial charge in [-0.25, -0.2) is 0 Å². The van der Waals surface area contributed by atoms with Gasteiger partial charge in [0.25, 0.3) is 0 Å². The summed E-state index contributed by atoms with van der Waals surface area (Å²) in [5.74, 6) is 0.917. The number of ether oxygens (including phenoxy) is 1. The lowest BCUT2D eigenvalue weighted by Gasteiger charge is -2.12. The van der Waals surface area contributed by atoms with E-state index in [1.165, 1.54) is 0 Å². The molecule has 19 heavy (non-hydrogen) atoms. The molecule has 0 unspecified atom stereocenters. The minimum absolute atomic E-state index is 0.668. The van der Waals surface area contributed by atoms with Crippen LogP contribution in [0.3, 0.4) is 0 Å². The molecule has 0 heterocycles. The van der Waals surface area contributed by atoms with Crippen molar-refractivity contribution in [1.29, 1.82) is 0 Å². The van der Waals surface area contributed by atoms with Gasteiger partial charge in [-0.3, -0.25) is 0 Å². The molecule has 0 saturated carbocycles. The topological polar surface area (TPSA) is 21.3 Å². The van der Waals surface area contributed by atoms with Crippen LogP contribution < -0.4 is 10.1 Å². The van der Waals surface area contributed by atoms with Gasteiger partial charge >= 0.3 is 0 Å². The van der Waals surface area contributed by atoms with E-state index >= 15 is 0 Å². The Bertz CT molecular complexity index is 560. The molecule has 0 aromatic heterocycles. The number of hydrogen-bond acceptors (Lipinski definition) is 2. The summed E-state index contributed by atoms with van der Waals surface area (Å²) in [7, 11) is 0. The van der Waals surface area contributed by atoms with E-state index in [-0.39, 0.29) is 0 Å². The predicted molar refractivity (Wildman–Crippen MR) is 84.1 cm³/mol. The van der Waals surface area contributed by atoms with Crippen LogP contribution in [0.25, 0.3) is 0 Å². The van der Waals surface area contributed by atoms with E-state index in [1.807, 2.05) is 43.3 Å². The molecule has 2 aromatic carbocycles. The second kappa shape index (κ2) is 6.83. The van der Waals surface area contributed by atoms with Crippen LogP contribution in [-0.4, -0.2) is 6.61 Å². The average molecular weight is 341 g/mol. The van der Waals surface area contributed by atoms with Gasteiger partial charge in [0.05, 0.1) is 11.6 Å². The SMILES string of the molecule is CCOc1ccccc1CNc1ccc(Br)c(Cl)c1. The fourth-order valence-electron chi connectivity index (χ4n) is 1.75. The number of rotatable bonds is 5. The van der Waals surface area contributed by atoms with Gasteiger partial charge in [0.15, 0.2) is 0 Å². The van der Waals surface area contributed by atoms with Crippen molar-refractivity contribution < 1.29 is 4.74 Å². The largest absolute Gasteiger partial charge is 0.494 e. The second-order valence-electron chi connectivity index (χ2n) is 4.02. The number of anilines is 1. The van der Waals surface area contributed by atoms with Gasteiger partial charge in [-0.05, 0) is 47.1 Å². The Morgan fingerprint density at radius 1 is 1.21 bits per heavy atom. The van der Waals surface area contributed by atoms with Crippen LogP contribution in [0.2, 0.25) is 5.02 Å². The van der Waals surface area contributed by atoms with Gasteiger partial charge in [-0.1, -0.05) is 29.8 Å². The minimum Gasteiger partial charge on any atom is -0.494 e. The number of halogens is 2. The quantitative estimate of drug-likeness (QED) is 0.816. The van der Waals surface area contributed by atoms with Crippen LogP contribution in [0.1, 0.15) is 12.5 Å². The lowest BCUT2D eigenvalue weighted by atomic mass is 10.2. The molecule has 100 valence electrons. The van der Waals surface area contributed by atoms with Gasteiger partial charge in [0, 0.05) is 22.3 Å². The fourth-order valence-corrected chi connectivity index (χ4v) is 2.18. The Balaban J connectivity index is 2.07. The van der Waals surface area contributed by atoms with E-state index in [0.717, 1.165) is 21.5 Å². The molecule has 0 aliphatic rings. The van der Waals surface area contributed by atoms with Crippen LogP contribution in [-0.2, 0) is 6.54 Å². The summed E-state index contributed by atoms with van der Waals surface area (Å²) < 4.78 is 6.49. The van der Waals surface area contributed by atoms with E-state index in [1.54, 1.807) is 0 Å². The molecule has 1 N–H and O–H groups in total. The Kier molecular flexibility index (Phi) is 5.11. The minimum atomic E-state index is 0.668. The number of para-hydroxylation sites is 1. The first kappa shape index (κ1) is 14.2. The van der Waals surface area contributed by atoms with Crippen LogP contribution >= 0.6 is 27.5 Å². The van der Waals surface area contributed by atoms with Crippen molar-refractivity contribution in [2.45, 2.75) is 13.5 Å². The Labute approximate surface area is 126 Å². The van der Waals surface area contributed by atoms with Crippen molar-refractivity contribution in [2.75, 3.05) is 11.9 Å². The maximum Gasteiger partial charge on any atom is 0.124 e. The molecular weight excluding hydrogens is 326 g/mol. The van der Waals surface area contributed by atoms with Crippen molar-refractivity contribution in [3.63, 3.8) is 0 Å². The first-order valence-corrected chi connectivity index (χ1v) is 7.27. The maximum absolute atomic E-state index is 6.07. The summed E-state index contributed by atoms with van der Waals surface area (Å²) in [5, 5.41) is 4.04. The molecule has 0 aliphatic carbocycles. The smallest absolute Gasteiger partial charge is 0.124 e. The third-order valence-corrected chi connectivity index (χ3v) is 3.91. The van der Waals surface area contributed by atoms with Crippen LogP contribution in [0.15, 0.2) is 46.9 Å². The molecule has 0 saturated heterocycles. The molecule has 2 nitrogen and oxygen atoms in total. The third kappa shape index (κ3) is 3.88. The van der Waals surface area contributed by atoms with Crippen molar-refractivity contribution in [3.8, 4) is 5.75 Å². The monoisotopic (exact) mass is 339 g/mol. The second-order valence-corrected chi connectivity index (χ2v) is 5.28. The zero-order chi connectivity index (χ0) is 13.7. The molecule has 0 amide bonds. The number of hydrogen-bond donors (Lipinski definition) is 1. The summed E-state index contributed by atoms with van der Waals surface area (Å²) >= 11 is 9.44. The van der Waals surface area contributed by atoms with Crippen molar-refractivity contribution in [3.05, 3.63) is 57.5 Å². The molecular formula is C15H15BrClNO. The average Bonchev–Trinajstić information content (AvgIpc) is 2.42. The Morgan fingerprint density at radius 2 is 2.00 bits per heavy atom. The molecule has 2 aromatic rings. The van der Waals surface area contributed by atoms with Gasteiger partial charge in [0.1, 0.15) is 5.75 Å². The summed E-state index contributed by atoms with van der Waals surface area (Å²) in [6, 6.07) is 13.8. The highest BCUT2D eigenvalue weighted by atomic mass is 79.9. The molecule has 4 heteroatoms. The Hall–Kier alpha value is -1.19. The van der Waals surface area contributed by atoms with E-state index in [9.17, 15) is 0 Å². The highest BCUT2D eigenvalue weighted by molar-refractivity contribution is 9.10. The van der Waals surface area contributed by atoms with Gasteiger partial charge < -0.3 is 10.1 Å². The Morgan fingerprint density at radius 3 is 2.74 bits per heavy atom. The van der Waals surface area contributed by atoms with Crippen molar-refractivity contribution >= 4 is 33.2 Å². The van der Waals surface area contributed by atoms with E-state index in [2.05, 4.69) is 27.3 Å². The number of nitrogens with one attached hydrogen (secondary N) is 1. The van der Waals surface area contributed by atoms with Crippen molar-refractivity contribution in [1.82, 2.24) is 0 Å². The van der Waals surface area contributed by atoms with Crippen LogP contribution in [0.5, 0.6) is 5.75 Å². The maximum atomic E-state index is 6.07. The molecule has 0 radical (unpaired) electrons. The zero-order valence-electron chi connectivity index (χ0n) is 10.6. The highest BCUT2D eigenvalue weighted by Crippen LogP contribution is 2.26. The number of benzene rings is 2. The van der Waals surface area contributed by atoms with Gasteiger partial charge in [-0.2, -0.15) is 0 Å². The first-order valence-electron chi connectivity index (χ1n) is 6.10. The fraction of sp³-hybridized carbons (Fsp3) is 0.200. The molecule has 0 atom stereocenters. The summed E-state index contributed by atoms with van der Waals surface area (Å²) in [5.41, 5.74) is 2.11. The molecule has 2 rings (SSSR count). The van der Waals surface area contributed by atoms with Gasteiger partial charge in [0.2, 0.25) is 0 Å². The third-order valence-electron chi connectivity index (χ3n) is 2.68. The van der Waals surface area contributed by atoms with Gasteiger partial charge in [-0.15, -0.1) is 0 Å². The van der Waals surface area contributed by atoms with E-state index < -0.39 is 0 Å². The van der Waals surface area contributed by atoms with E-state index in [0.29, 0.717) is 18.2 Å². The summed E-state index contributed by atoms with van der Waals surface area (Å²) in [4.78, 5) is 0. The summed E-state index contributed by atoms with van der Waals surface area (Å²) in [6.45, 7) is 3.36. The van der Waals surface area contributed by atoms with Crippen LogP contribution in [0.4, 0.5) is 5.69 Å². The highest BCUT2D eigenvalue weighted by Gasteiger charge is 2.03. The molecule has 0 aliphatic heterocycles. The molecule has 0 bridgehead atoms. The predicted octanol–water partition coefficient (Wildman–Crippen LogP) is 5.11. The lowest BCUT2D eigenvalue weighted by Crippen LogP contribution is -2.03. The van der Waals surface area contributed by atoms with E-state index in [4.69, 9.17) is 16.3 Å². The first-order chi connectivity index (χ1) is 9.20. The lowest BCUT2D eigenvalue weighted by molar-refractivity contribution is 0.337. The molecule has 0 fully saturated rings. The van der Waals surface area contributed by atoms with Crippen molar-refractivity contribution in [2.24, 2.45) is 0 Å². The standard InChI is InChI=1S/C15H15BrClNO/c1-2-19-15-6-4-3-5-11(15)10-18-12-7-8-13(16)14(17)9-12/h3-9,18H,2,10H2,1H3. The molecule has 0 spiro atoms.